The zero-order chi connectivity index (χ0) is 11.5. The van der Waals surface area contributed by atoms with Crippen molar-refractivity contribution in [2.45, 2.75) is 25.4 Å². The van der Waals surface area contributed by atoms with Gasteiger partial charge in [0.25, 0.3) is 0 Å². The summed E-state index contributed by atoms with van der Waals surface area (Å²) in [6, 6.07) is 1.91. The molecule has 0 aromatic carbocycles. The molecule has 1 saturated heterocycles. The molecule has 0 amide bonds. The van der Waals surface area contributed by atoms with Crippen molar-refractivity contribution < 1.29 is 5.11 Å². The van der Waals surface area contributed by atoms with Crippen LogP contribution in [0.2, 0.25) is 10.2 Å². The fourth-order valence-corrected chi connectivity index (χ4v) is 2.51. The minimum absolute atomic E-state index is 0.207. The van der Waals surface area contributed by atoms with E-state index in [-0.39, 0.29) is 12.6 Å². The lowest BCUT2D eigenvalue weighted by atomic mass is 10.2. The minimum Gasteiger partial charge on any atom is -0.395 e. The third-order valence-corrected chi connectivity index (χ3v) is 3.54. The van der Waals surface area contributed by atoms with Gasteiger partial charge in [-0.1, -0.05) is 23.2 Å². The summed E-state index contributed by atoms with van der Waals surface area (Å²) in [5.74, 6) is 0. The second-order valence-corrected chi connectivity index (χ2v) is 4.84. The number of hydrogen-bond donors (Lipinski definition) is 1. The summed E-state index contributed by atoms with van der Waals surface area (Å²) < 4.78 is 0. The molecule has 0 aliphatic carbocycles. The van der Waals surface area contributed by atoms with E-state index >= 15 is 0 Å². The van der Waals surface area contributed by atoms with Gasteiger partial charge in [-0.05, 0) is 25.5 Å². The lowest BCUT2D eigenvalue weighted by Gasteiger charge is -2.22. The molecule has 88 valence electrons. The van der Waals surface area contributed by atoms with Crippen molar-refractivity contribution in [3.05, 3.63) is 28.0 Å². The van der Waals surface area contributed by atoms with Crippen LogP contribution in [0.1, 0.15) is 18.4 Å². The van der Waals surface area contributed by atoms with Gasteiger partial charge < -0.3 is 5.11 Å². The van der Waals surface area contributed by atoms with Crippen LogP contribution in [-0.4, -0.2) is 34.2 Å². The average Bonchev–Trinajstić information content (AvgIpc) is 2.69. The normalized spacial score (nSPS) is 21.6. The number of aromatic nitrogens is 1. The maximum Gasteiger partial charge on any atom is 0.130 e. The molecule has 0 saturated carbocycles. The highest BCUT2D eigenvalue weighted by atomic mass is 35.5. The number of aliphatic hydroxyl groups is 1. The molecule has 1 aromatic rings. The first-order valence-electron chi connectivity index (χ1n) is 5.35. The Kier molecular flexibility index (Phi) is 4.03. The second kappa shape index (κ2) is 5.32. The van der Waals surface area contributed by atoms with Gasteiger partial charge in [-0.25, -0.2) is 4.98 Å². The van der Waals surface area contributed by atoms with Crippen LogP contribution in [-0.2, 0) is 6.54 Å². The molecule has 1 aromatic heterocycles. The van der Waals surface area contributed by atoms with E-state index in [2.05, 4.69) is 9.88 Å². The third kappa shape index (κ3) is 2.66. The first-order valence-corrected chi connectivity index (χ1v) is 6.11. The van der Waals surface area contributed by atoms with Crippen LogP contribution in [0.3, 0.4) is 0 Å². The number of hydrogen-bond acceptors (Lipinski definition) is 3. The van der Waals surface area contributed by atoms with Gasteiger partial charge in [0.05, 0.1) is 6.61 Å². The maximum absolute atomic E-state index is 9.22. The highest BCUT2D eigenvalue weighted by Gasteiger charge is 2.24. The number of pyridine rings is 1. The van der Waals surface area contributed by atoms with E-state index in [1.54, 1.807) is 12.3 Å². The van der Waals surface area contributed by atoms with Gasteiger partial charge in [0, 0.05) is 29.4 Å². The molecule has 3 nitrogen and oxygen atoms in total. The van der Waals surface area contributed by atoms with Gasteiger partial charge in [-0.3, -0.25) is 4.90 Å². The van der Waals surface area contributed by atoms with Gasteiger partial charge in [0.15, 0.2) is 0 Å². The Morgan fingerprint density at radius 2 is 2.31 bits per heavy atom. The smallest absolute Gasteiger partial charge is 0.130 e. The van der Waals surface area contributed by atoms with Crippen molar-refractivity contribution in [1.82, 2.24) is 9.88 Å². The van der Waals surface area contributed by atoms with Crippen molar-refractivity contribution in [1.29, 1.82) is 0 Å². The predicted octanol–water partition coefficient (Wildman–Crippen LogP) is 2.35. The lowest BCUT2D eigenvalue weighted by Crippen LogP contribution is -2.31. The molecule has 0 spiro atoms. The molecule has 1 fully saturated rings. The molecule has 2 rings (SSSR count). The number of nitrogens with zero attached hydrogens (tertiary/aromatic N) is 2. The molecule has 1 atom stereocenters. The maximum atomic E-state index is 9.22. The molecule has 5 heteroatoms. The monoisotopic (exact) mass is 260 g/mol. The SMILES string of the molecule is OC[C@H]1CCCN1Cc1cnc(Cl)cc1Cl. The third-order valence-electron chi connectivity index (χ3n) is 2.98. The molecule has 0 radical (unpaired) electrons. The number of rotatable bonds is 3. The summed E-state index contributed by atoms with van der Waals surface area (Å²) in [5, 5.41) is 10.3. The zero-order valence-electron chi connectivity index (χ0n) is 8.87. The Hall–Kier alpha value is -0.350. The minimum atomic E-state index is 0.207. The fourth-order valence-electron chi connectivity index (χ4n) is 2.08. The van der Waals surface area contributed by atoms with Crippen LogP contribution in [0.15, 0.2) is 12.3 Å². The molecule has 2 heterocycles. The van der Waals surface area contributed by atoms with Crippen LogP contribution in [0.25, 0.3) is 0 Å². The first-order chi connectivity index (χ1) is 7.70. The molecule has 1 N–H and O–H groups in total. The molecule has 0 bridgehead atoms. The van der Waals surface area contributed by atoms with Crippen molar-refractivity contribution >= 4 is 23.2 Å². The van der Waals surface area contributed by atoms with Crippen LogP contribution >= 0.6 is 23.2 Å². The predicted molar refractivity (Wildman–Crippen MR) is 64.8 cm³/mol. The summed E-state index contributed by atoms with van der Waals surface area (Å²) in [5.41, 5.74) is 0.964. The Bertz CT molecular complexity index is 373. The van der Waals surface area contributed by atoms with Crippen LogP contribution in [0.5, 0.6) is 0 Å². The largest absolute Gasteiger partial charge is 0.395 e. The Balaban J connectivity index is 2.08. The van der Waals surface area contributed by atoms with Gasteiger partial charge in [-0.2, -0.15) is 0 Å². The van der Waals surface area contributed by atoms with E-state index in [4.69, 9.17) is 23.2 Å². The van der Waals surface area contributed by atoms with Crippen LogP contribution in [0, 0.1) is 0 Å². The van der Waals surface area contributed by atoms with E-state index in [1.165, 1.54) is 0 Å². The first kappa shape index (κ1) is 12.1. The highest BCUT2D eigenvalue weighted by Crippen LogP contribution is 2.24. The number of halogens is 2. The number of aliphatic hydroxyl groups excluding tert-OH is 1. The van der Waals surface area contributed by atoms with Crippen molar-refractivity contribution in [3.63, 3.8) is 0 Å². The molecule has 0 unspecified atom stereocenters. The van der Waals surface area contributed by atoms with Gasteiger partial charge in [0.2, 0.25) is 0 Å². The summed E-state index contributed by atoms with van der Waals surface area (Å²) in [7, 11) is 0. The summed E-state index contributed by atoms with van der Waals surface area (Å²) in [6.45, 7) is 1.94. The highest BCUT2D eigenvalue weighted by molar-refractivity contribution is 6.34. The Morgan fingerprint density at radius 3 is 3.00 bits per heavy atom. The molecular weight excluding hydrogens is 247 g/mol. The van der Waals surface area contributed by atoms with E-state index in [0.29, 0.717) is 10.2 Å². The summed E-state index contributed by atoms with van der Waals surface area (Å²) in [4.78, 5) is 6.26. The molecular formula is C11H14Cl2N2O. The van der Waals surface area contributed by atoms with Gasteiger partial charge >= 0.3 is 0 Å². The molecule has 1 aliphatic heterocycles. The standard InChI is InChI=1S/C11H14Cl2N2O/c12-10-4-11(13)14-5-8(10)6-15-3-1-2-9(15)7-16/h4-5,9,16H,1-3,6-7H2/t9-/m1/s1. The second-order valence-electron chi connectivity index (χ2n) is 4.05. The molecule has 1 aliphatic rings. The van der Waals surface area contributed by atoms with Crippen molar-refractivity contribution in [2.75, 3.05) is 13.2 Å². The molecule has 16 heavy (non-hydrogen) atoms. The van der Waals surface area contributed by atoms with E-state index < -0.39 is 0 Å². The topological polar surface area (TPSA) is 36.4 Å². The van der Waals surface area contributed by atoms with E-state index in [9.17, 15) is 5.11 Å². The average molecular weight is 261 g/mol. The van der Waals surface area contributed by atoms with Crippen molar-refractivity contribution in [2.24, 2.45) is 0 Å². The fraction of sp³-hybridized carbons (Fsp3) is 0.545. The zero-order valence-corrected chi connectivity index (χ0v) is 10.4. The van der Waals surface area contributed by atoms with Crippen LogP contribution in [0.4, 0.5) is 0 Å². The Labute approximate surface area is 105 Å². The Morgan fingerprint density at radius 1 is 1.50 bits per heavy atom. The summed E-state index contributed by atoms with van der Waals surface area (Å²) in [6.07, 6.45) is 3.89. The van der Waals surface area contributed by atoms with Gasteiger partial charge in [0.1, 0.15) is 5.15 Å². The van der Waals surface area contributed by atoms with Crippen LogP contribution < -0.4 is 0 Å². The van der Waals surface area contributed by atoms with E-state index in [1.807, 2.05) is 0 Å². The van der Waals surface area contributed by atoms with E-state index in [0.717, 1.165) is 31.5 Å². The number of likely N-dealkylation sites (tertiary alicyclic amines) is 1. The van der Waals surface area contributed by atoms with Gasteiger partial charge in [-0.15, -0.1) is 0 Å². The van der Waals surface area contributed by atoms with Crippen molar-refractivity contribution in [3.8, 4) is 0 Å². The lowest BCUT2D eigenvalue weighted by molar-refractivity contribution is 0.153. The quantitative estimate of drug-likeness (QED) is 0.848. The summed E-state index contributed by atoms with van der Waals surface area (Å²) >= 11 is 11.8.